The number of benzene rings is 3. The van der Waals surface area contributed by atoms with E-state index < -0.39 is 21.4 Å². The van der Waals surface area contributed by atoms with Crippen LogP contribution in [0.15, 0.2) is 90.2 Å². The number of nitrogens with zero attached hydrogens (tertiary/aromatic N) is 3. The molecule has 0 saturated carbocycles. The van der Waals surface area contributed by atoms with Crippen molar-refractivity contribution in [3.05, 3.63) is 108 Å². The summed E-state index contributed by atoms with van der Waals surface area (Å²) < 4.78 is 54.6. The highest BCUT2D eigenvalue weighted by Gasteiger charge is 2.28. The number of thiocarbonyl (C=S) groups is 1. The molecule has 1 aliphatic rings. The lowest BCUT2D eigenvalue weighted by atomic mass is 10.2. The lowest BCUT2D eigenvalue weighted by Gasteiger charge is -2.29. The van der Waals surface area contributed by atoms with Gasteiger partial charge in [-0.3, -0.25) is 0 Å². The Morgan fingerprint density at radius 3 is 2.55 bits per heavy atom. The van der Waals surface area contributed by atoms with E-state index >= 15 is 0 Å². The van der Waals surface area contributed by atoms with Crippen molar-refractivity contribution in [3.63, 3.8) is 0 Å². The van der Waals surface area contributed by atoms with Crippen molar-refractivity contribution in [2.45, 2.75) is 42.9 Å². The molecule has 8 nitrogen and oxygen atoms in total. The smallest absolute Gasteiger partial charge is 0.228 e. The maximum absolute atomic E-state index is 14.4. The van der Waals surface area contributed by atoms with E-state index in [9.17, 15) is 12.8 Å². The molecule has 2 heterocycles. The van der Waals surface area contributed by atoms with Crippen LogP contribution in [0, 0.1) is 5.82 Å². The highest BCUT2D eigenvalue weighted by molar-refractivity contribution is 7.90. The molecule has 1 saturated heterocycles. The number of nitrogens with one attached hydrogen (secondary N) is 1. The zero-order valence-electron chi connectivity index (χ0n) is 23.3. The molecule has 1 unspecified atom stereocenters. The average molecular weight is 609 g/mol. The van der Waals surface area contributed by atoms with Crippen LogP contribution in [0.1, 0.15) is 29.7 Å². The maximum Gasteiger partial charge on any atom is 0.228 e. The number of anilines is 1. The summed E-state index contributed by atoms with van der Waals surface area (Å²) in [5.41, 5.74) is 2.45. The van der Waals surface area contributed by atoms with Gasteiger partial charge in [-0.25, -0.2) is 17.8 Å². The summed E-state index contributed by atoms with van der Waals surface area (Å²) in [7, 11) is -2.38. The summed E-state index contributed by atoms with van der Waals surface area (Å²) in [5.74, 6) is -0.334. The standard InChI is InChI=1S/C31H33FN4O4S2/c1-39-27-15-13-25(14-16-27)34-30(41)35(21-28-11-7-17-40-28)20-26-18-33-31(36(26)19-23-8-3-2-4-9-23)42(37,38)22-24-10-5-6-12-29(24)32/h2-6,8-10,12-16,18,28H,7,11,17,19-22H2,1H3,(H,34,41). The third-order valence-corrected chi connectivity index (χ3v) is 9.03. The summed E-state index contributed by atoms with van der Waals surface area (Å²) in [6.45, 7) is 1.78. The predicted molar refractivity (Wildman–Crippen MR) is 164 cm³/mol. The Kier molecular flexibility index (Phi) is 9.51. The Morgan fingerprint density at radius 2 is 1.86 bits per heavy atom. The minimum absolute atomic E-state index is 0.00429. The minimum atomic E-state index is -3.99. The molecule has 42 heavy (non-hydrogen) atoms. The van der Waals surface area contributed by atoms with Crippen molar-refractivity contribution in [1.82, 2.24) is 14.5 Å². The van der Waals surface area contributed by atoms with Gasteiger partial charge >= 0.3 is 0 Å². The second kappa shape index (κ2) is 13.5. The third-order valence-electron chi connectivity index (χ3n) is 7.10. The van der Waals surface area contributed by atoms with Gasteiger partial charge in [0, 0.05) is 24.4 Å². The number of halogens is 1. The number of methoxy groups -OCH3 is 1. The Labute approximate surface area is 251 Å². The summed E-state index contributed by atoms with van der Waals surface area (Å²) in [5, 5.41) is 3.65. The number of hydrogen-bond donors (Lipinski definition) is 1. The predicted octanol–water partition coefficient (Wildman–Crippen LogP) is 5.43. The molecule has 1 aromatic heterocycles. The van der Waals surface area contributed by atoms with E-state index in [1.54, 1.807) is 23.9 Å². The van der Waals surface area contributed by atoms with Gasteiger partial charge in [0.05, 0.1) is 43.9 Å². The molecule has 1 aliphatic heterocycles. The van der Waals surface area contributed by atoms with Gasteiger partial charge in [-0.05, 0) is 61.0 Å². The quantitative estimate of drug-likeness (QED) is 0.226. The molecule has 220 valence electrons. The number of aromatic nitrogens is 2. The highest BCUT2D eigenvalue weighted by Crippen LogP contribution is 2.23. The van der Waals surface area contributed by atoms with E-state index in [2.05, 4.69) is 10.3 Å². The summed E-state index contributed by atoms with van der Waals surface area (Å²) >= 11 is 5.85. The number of imidazole rings is 1. The molecule has 1 atom stereocenters. The molecule has 1 fully saturated rings. The first-order valence-electron chi connectivity index (χ1n) is 13.7. The van der Waals surface area contributed by atoms with Crippen LogP contribution >= 0.6 is 12.2 Å². The van der Waals surface area contributed by atoms with Gasteiger partial charge in [0.1, 0.15) is 11.6 Å². The molecule has 0 bridgehead atoms. The Bertz CT molecular complexity index is 1610. The second-order valence-electron chi connectivity index (χ2n) is 10.1. The van der Waals surface area contributed by atoms with Crippen molar-refractivity contribution in [2.24, 2.45) is 0 Å². The molecule has 11 heteroatoms. The highest BCUT2D eigenvalue weighted by atomic mass is 32.2. The fourth-order valence-corrected chi connectivity index (χ4v) is 6.67. The monoisotopic (exact) mass is 608 g/mol. The van der Waals surface area contributed by atoms with Gasteiger partial charge in [0.2, 0.25) is 15.0 Å². The van der Waals surface area contributed by atoms with Gasteiger partial charge in [-0.15, -0.1) is 0 Å². The number of rotatable bonds is 11. The minimum Gasteiger partial charge on any atom is -0.497 e. The first-order chi connectivity index (χ1) is 20.3. The van der Waals surface area contributed by atoms with Gasteiger partial charge in [-0.2, -0.15) is 0 Å². The molecule has 3 aromatic carbocycles. The topological polar surface area (TPSA) is 85.7 Å². The molecule has 0 radical (unpaired) electrons. The normalized spacial score (nSPS) is 15.0. The third kappa shape index (κ3) is 7.33. The lowest BCUT2D eigenvalue weighted by molar-refractivity contribution is 0.0900. The van der Waals surface area contributed by atoms with E-state index in [4.69, 9.17) is 21.7 Å². The van der Waals surface area contributed by atoms with Crippen molar-refractivity contribution < 1.29 is 22.3 Å². The molecular formula is C31H33FN4O4S2. The van der Waals surface area contributed by atoms with E-state index in [0.29, 0.717) is 24.0 Å². The van der Waals surface area contributed by atoms with E-state index in [1.165, 1.54) is 18.2 Å². The maximum atomic E-state index is 14.4. The van der Waals surface area contributed by atoms with Gasteiger partial charge in [0.25, 0.3) is 0 Å². The molecule has 4 aromatic rings. The molecule has 0 amide bonds. The summed E-state index contributed by atoms with van der Waals surface area (Å²) in [6.07, 6.45) is 3.44. The largest absolute Gasteiger partial charge is 0.497 e. The van der Waals surface area contributed by atoms with Crippen molar-refractivity contribution in [1.29, 1.82) is 0 Å². The average Bonchev–Trinajstić information content (AvgIpc) is 3.65. The molecular weight excluding hydrogens is 575 g/mol. The van der Waals surface area contributed by atoms with Crippen LogP contribution in [0.25, 0.3) is 0 Å². The van der Waals surface area contributed by atoms with E-state index in [1.807, 2.05) is 59.5 Å². The molecule has 5 rings (SSSR count). The van der Waals surface area contributed by atoms with Crippen molar-refractivity contribution in [3.8, 4) is 5.75 Å². The zero-order chi connectivity index (χ0) is 29.5. The van der Waals surface area contributed by atoms with Crippen LogP contribution < -0.4 is 10.1 Å². The lowest BCUT2D eigenvalue weighted by Crippen LogP contribution is -2.40. The SMILES string of the molecule is COc1ccc(NC(=S)N(Cc2cnc(S(=O)(=O)Cc3ccccc3F)n2Cc2ccccc2)CC2CCCO2)cc1. The fourth-order valence-electron chi connectivity index (χ4n) is 4.91. The first-order valence-corrected chi connectivity index (χ1v) is 15.7. The van der Waals surface area contributed by atoms with E-state index in [0.717, 1.165) is 29.8 Å². The first kappa shape index (κ1) is 29.7. The van der Waals surface area contributed by atoms with Gasteiger partial charge < -0.3 is 24.3 Å². The Balaban J connectivity index is 1.47. The molecule has 0 aliphatic carbocycles. The Morgan fingerprint density at radius 1 is 1.12 bits per heavy atom. The van der Waals surface area contributed by atoms with Crippen molar-refractivity contribution >= 4 is 32.9 Å². The Hall–Kier alpha value is -3.80. The molecule has 0 spiro atoms. The summed E-state index contributed by atoms with van der Waals surface area (Å²) in [4.78, 5) is 6.35. The van der Waals surface area contributed by atoms with Crippen LogP contribution in [0.3, 0.4) is 0 Å². The van der Waals surface area contributed by atoms with Crippen LogP contribution in [0.5, 0.6) is 5.75 Å². The van der Waals surface area contributed by atoms with Crippen molar-refractivity contribution in [2.75, 3.05) is 25.6 Å². The summed E-state index contributed by atoms with van der Waals surface area (Å²) in [6, 6.07) is 22.9. The van der Waals surface area contributed by atoms with Crippen LogP contribution in [0.2, 0.25) is 0 Å². The number of hydrogen-bond acceptors (Lipinski definition) is 6. The fraction of sp³-hybridized carbons (Fsp3) is 0.290. The second-order valence-corrected chi connectivity index (χ2v) is 12.4. The molecule has 1 N–H and O–H groups in total. The van der Waals surface area contributed by atoms with Crippen LogP contribution in [-0.4, -0.2) is 54.3 Å². The van der Waals surface area contributed by atoms with Gasteiger partial charge in [0.15, 0.2) is 5.11 Å². The number of sulfone groups is 1. The number of ether oxygens (including phenoxy) is 2. The van der Waals surface area contributed by atoms with Crippen LogP contribution in [-0.2, 0) is 33.4 Å². The van der Waals surface area contributed by atoms with E-state index in [-0.39, 0.29) is 29.9 Å². The van der Waals surface area contributed by atoms with Gasteiger partial charge in [-0.1, -0.05) is 48.5 Å². The zero-order valence-corrected chi connectivity index (χ0v) is 24.9. The van der Waals surface area contributed by atoms with Crippen LogP contribution in [0.4, 0.5) is 10.1 Å².